The van der Waals surface area contributed by atoms with Gasteiger partial charge in [-0.05, 0) is 31.7 Å². The maximum atomic E-state index is 12.8. The van der Waals surface area contributed by atoms with Gasteiger partial charge in [0.1, 0.15) is 23.6 Å². The first-order valence-electron chi connectivity index (χ1n) is 8.11. The van der Waals surface area contributed by atoms with Crippen LogP contribution in [0.25, 0.3) is 0 Å². The van der Waals surface area contributed by atoms with Gasteiger partial charge in [0.25, 0.3) is 0 Å². The van der Waals surface area contributed by atoms with Gasteiger partial charge in [0.2, 0.25) is 0 Å². The van der Waals surface area contributed by atoms with Crippen molar-refractivity contribution in [3.8, 4) is 5.75 Å². The van der Waals surface area contributed by atoms with E-state index in [1.165, 1.54) is 0 Å². The summed E-state index contributed by atoms with van der Waals surface area (Å²) in [5, 5.41) is 0. The normalized spacial score (nSPS) is 16.1. The number of hydrogen-bond donors (Lipinski definition) is 0. The van der Waals surface area contributed by atoms with Crippen LogP contribution in [-0.2, 0) is 6.18 Å². The molecule has 0 atom stereocenters. The lowest BCUT2D eigenvalue weighted by molar-refractivity contribution is -0.141. The maximum absolute atomic E-state index is 12.8. The number of hydrogen-bond acceptors (Lipinski definition) is 5. The molecule has 3 heterocycles. The summed E-state index contributed by atoms with van der Waals surface area (Å²) in [6.45, 7) is 3.84. The smallest absolute Gasteiger partial charge is 0.433 e. The van der Waals surface area contributed by atoms with Crippen molar-refractivity contribution >= 4 is 5.82 Å². The number of anilines is 1. The second-order valence-electron chi connectivity index (χ2n) is 6.14. The largest absolute Gasteiger partial charge is 0.493 e. The van der Waals surface area contributed by atoms with Crippen LogP contribution in [0.15, 0.2) is 30.9 Å². The Hall–Kier alpha value is -2.38. The van der Waals surface area contributed by atoms with E-state index in [0.29, 0.717) is 31.4 Å². The van der Waals surface area contributed by atoms with Crippen LogP contribution in [0.4, 0.5) is 19.0 Å². The summed E-state index contributed by atoms with van der Waals surface area (Å²) in [5.74, 6) is 1.52. The zero-order valence-corrected chi connectivity index (χ0v) is 13.8. The first-order chi connectivity index (χ1) is 11.9. The van der Waals surface area contributed by atoms with Crippen molar-refractivity contribution in [2.24, 2.45) is 5.92 Å². The molecule has 0 aliphatic carbocycles. The highest BCUT2D eigenvalue weighted by Gasteiger charge is 2.33. The minimum absolute atomic E-state index is 0.326. The van der Waals surface area contributed by atoms with Gasteiger partial charge in [-0.15, -0.1) is 0 Å². The fraction of sp³-hybridized carbons (Fsp3) is 0.471. The Balaban J connectivity index is 1.55. The number of piperidine rings is 1. The van der Waals surface area contributed by atoms with Gasteiger partial charge in [0.05, 0.1) is 6.61 Å². The van der Waals surface area contributed by atoms with Crippen molar-refractivity contribution in [3.05, 3.63) is 42.1 Å². The summed E-state index contributed by atoms with van der Waals surface area (Å²) in [6.07, 6.45) is 1.65. The molecule has 2 aromatic rings. The SMILES string of the molecule is Cc1cnccc1OCC1CCN(c2cc(C(F)(F)F)ncn2)CC1. The van der Waals surface area contributed by atoms with Crippen LogP contribution < -0.4 is 9.64 Å². The summed E-state index contributed by atoms with van der Waals surface area (Å²) < 4.78 is 44.1. The van der Waals surface area contributed by atoms with Crippen LogP contribution in [0.5, 0.6) is 5.75 Å². The quantitative estimate of drug-likeness (QED) is 0.843. The molecule has 0 unspecified atom stereocenters. The van der Waals surface area contributed by atoms with Gasteiger partial charge in [0.15, 0.2) is 0 Å². The Labute approximate surface area is 143 Å². The standard InChI is InChI=1S/C17H19F3N4O/c1-12-9-21-5-2-14(12)25-10-13-3-6-24(7-4-13)16-8-15(17(18,19)20)22-11-23-16/h2,5,8-9,11,13H,3-4,6-7,10H2,1H3. The number of nitrogens with zero attached hydrogens (tertiary/aromatic N) is 4. The van der Waals surface area contributed by atoms with Gasteiger partial charge in [-0.3, -0.25) is 4.98 Å². The van der Waals surface area contributed by atoms with Gasteiger partial charge < -0.3 is 9.64 Å². The predicted octanol–water partition coefficient (Wildman–Crippen LogP) is 3.49. The summed E-state index contributed by atoms with van der Waals surface area (Å²) >= 11 is 0. The lowest BCUT2D eigenvalue weighted by atomic mass is 9.98. The van der Waals surface area contributed by atoms with E-state index in [2.05, 4.69) is 15.0 Å². The first kappa shape index (κ1) is 17.4. The highest BCUT2D eigenvalue weighted by molar-refractivity contribution is 5.40. The average molecular weight is 352 g/mol. The monoisotopic (exact) mass is 352 g/mol. The Morgan fingerprint density at radius 1 is 1.24 bits per heavy atom. The molecule has 25 heavy (non-hydrogen) atoms. The summed E-state index contributed by atoms with van der Waals surface area (Å²) in [6, 6.07) is 2.85. The topological polar surface area (TPSA) is 51.1 Å². The van der Waals surface area contributed by atoms with Gasteiger partial charge >= 0.3 is 6.18 Å². The van der Waals surface area contributed by atoms with Crippen molar-refractivity contribution in [1.82, 2.24) is 15.0 Å². The van der Waals surface area contributed by atoms with E-state index < -0.39 is 11.9 Å². The molecule has 134 valence electrons. The van der Waals surface area contributed by atoms with Gasteiger partial charge in [-0.1, -0.05) is 0 Å². The molecule has 3 rings (SSSR count). The lowest BCUT2D eigenvalue weighted by Crippen LogP contribution is -2.36. The van der Waals surface area contributed by atoms with Crippen LogP contribution in [0.3, 0.4) is 0 Å². The third-order valence-corrected chi connectivity index (χ3v) is 4.32. The summed E-state index contributed by atoms with van der Waals surface area (Å²) in [4.78, 5) is 13.2. The first-order valence-corrected chi connectivity index (χ1v) is 8.11. The van der Waals surface area contributed by atoms with E-state index in [4.69, 9.17) is 4.74 Å². The molecule has 1 saturated heterocycles. The minimum atomic E-state index is -4.45. The van der Waals surface area contributed by atoms with Crippen molar-refractivity contribution in [2.45, 2.75) is 25.9 Å². The second kappa shape index (κ2) is 7.25. The molecule has 8 heteroatoms. The van der Waals surface area contributed by atoms with E-state index in [9.17, 15) is 13.2 Å². The van der Waals surface area contributed by atoms with Crippen molar-refractivity contribution in [2.75, 3.05) is 24.6 Å². The van der Waals surface area contributed by atoms with Crippen LogP contribution in [-0.4, -0.2) is 34.6 Å². The number of alkyl halides is 3. The second-order valence-corrected chi connectivity index (χ2v) is 6.14. The van der Waals surface area contributed by atoms with Gasteiger partial charge in [0, 0.05) is 37.1 Å². The molecule has 5 nitrogen and oxygen atoms in total. The van der Waals surface area contributed by atoms with Crippen LogP contribution in [0.2, 0.25) is 0 Å². The molecule has 2 aromatic heterocycles. The number of rotatable bonds is 4. The molecule has 1 aliphatic heterocycles. The fourth-order valence-electron chi connectivity index (χ4n) is 2.83. The Morgan fingerprint density at radius 3 is 2.68 bits per heavy atom. The van der Waals surface area contributed by atoms with Crippen LogP contribution in [0, 0.1) is 12.8 Å². The van der Waals surface area contributed by atoms with E-state index in [-0.39, 0.29) is 0 Å². The highest BCUT2D eigenvalue weighted by Crippen LogP contribution is 2.30. The van der Waals surface area contributed by atoms with E-state index in [1.54, 1.807) is 12.4 Å². The summed E-state index contributed by atoms with van der Waals surface area (Å²) in [7, 11) is 0. The number of aryl methyl sites for hydroxylation is 1. The Morgan fingerprint density at radius 2 is 2.00 bits per heavy atom. The van der Waals surface area contributed by atoms with Crippen LogP contribution in [0.1, 0.15) is 24.1 Å². The fourth-order valence-corrected chi connectivity index (χ4v) is 2.83. The van der Waals surface area contributed by atoms with E-state index in [1.807, 2.05) is 17.9 Å². The van der Waals surface area contributed by atoms with Gasteiger partial charge in [-0.25, -0.2) is 9.97 Å². The Bertz CT molecular complexity index is 715. The van der Waals surface area contributed by atoms with Crippen LogP contribution >= 0.6 is 0 Å². The van der Waals surface area contributed by atoms with Gasteiger partial charge in [-0.2, -0.15) is 13.2 Å². The number of ether oxygens (including phenoxy) is 1. The molecule has 0 N–H and O–H groups in total. The zero-order chi connectivity index (χ0) is 17.9. The molecule has 0 spiro atoms. The molecule has 1 fully saturated rings. The molecule has 1 aliphatic rings. The number of aromatic nitrogens is 3. The third-order valence-electron chi connectivity index (χ3n) is 4.32. The van der Waals surface area contributed by atoms with E-state index in [0.717, 1.165) is 36.5 Å². The molecule has 0 radical (unpaired) electrons. The Kier molecular flexibility index (Phi) is 5.06. The number of pyridine rings is 1. The number of halogens is 3. The molecule has 0 aromatic carbocycles. The molecule has 0 amide bonds. The minimum Gasteiger partial charge on any atom is -0.493 e. The van der Waals surface area contributed by atoms with Crippen molar-refractivity contribution < 1.29 is 17.9 Å². The predicted molar refractivity (Wildman–Crippen MR) is 86.4 cm³/mol. The average Bonchev–Trinajstić information content (AvgIpc) is 2.61. The van der Waals surface area contributed by atoms with Crippen molar-refractivity contribution in [3.63, 3.8) is 0 Å². The van der Waals surface area contributed by atoms with Crippen molar-refractivity contribution in [1.29, 1.82) is 0 Å². The molecule has 0 saturated carbocycles. The summed E-state index contributed by atoms with van der Waals surface area (Å²) in [5.41, 5.74) is 0.0803. The zero-order valence-electron chi connectivity index (χ0n) is 13.8. The van der Waals surface area contributed by atoms with E-state index >= 15 is 0 Å². The molecule has 0 bridgehead atoms. The maximum Gasteiger partial charge on any atom is 0.433 e. The third kappa shape index (κ3) is 4.37. The highest BCUT2D eigenvalue weighted by atomic mass is 19.4. The molecular formula is C17H19F3N4O. The molecular weight excluding hydrogens is 333 g/mol. The lowest BCUT2D eigenvalue weighted by Gasteiger charge is -2.32.